The van der Waals surface area contributed by atoms with Crippen molar-refractivity contribution in [1.82, 2.24) is 0 Å². The third kappa shape index (κ3) is 10.5. The van der Waals surface area contributed by atoms with Crippen molar-refractivity contribution in [2.24, 2.45) is 0 Å². The molecule has 0 fully saturated rings. The first-order valence-electron chi connectivity index (χ1n) is 9.83. The van der Waals surface area contributed by atoms with E-state index in [0.29, 0.717) is 0 Å². The molecule has 0 saturated carbocycles. The Balaban J connectivity index is 2.22. The SMILES string of the molecule is CCCCCCCCCCCCC(OB(O)O)c1ccc(OC)cc1. The summed E-state index contributed by atoms with van der Waals surface area (Å²) in [5.74, 6) is 0.783. The Morgan fingerprint density at radius 3 is 1.84 bits per heavy atom. The highest BCUT2D eigenvalue weighted by Crippen LogP contribution is 2.26. The van der Waals surface area contributed by atoms with Crippen LogP contribution in [0, 0.1) is 0 Å². The lowest BCUT2D eigenvalue weighted by molar-refractivity contribution is 0.110. The van der Waals surface area contributed by atoms with E-state index >= 15 is 0 Å². The molecule has 142 valence electrons. The molecule has 2 N–H and O–H groups in total. The minimum atomic E-state index is -1.74. The molecule has 25 heavy (non-hydrogen) atoms. The zero-order chi connectivity index (χ0) is 18.3. The van der Waals surface area contributed by atoms with Crippen LogP contribution < -0.4 is 4.74 Å². The fraction of sp³-hybridized carbons (Fsp3) is 0.700. The summed E-state index contributed by atoms with van der Waals surface area (Å²) in [6.07, 6.45) is 13.3. The molecule has 0 saturated heterocycles. The second kappa shape index (κ2) is 14.2. The van der Waals surface area contributed by atoms with Gasteiger partial charge in [-0.2, -0.15) is 0 Å². The number of methoxy groups -OCH3 is 1. The normalized spacial score (nSPS) is 12.2. The van der Waals surface area contributed by atoms with Crippen LogP contribution in [0.3, 0.4) is 0 Å². The van der Waals surface area contributed by atoms with Gasteiger partial charge in [-0.15, -0.1) is 0 Å². The summed E-state index contributed by atoms with van der Waals surface area (Å²) in [4.78, 5) is 0. The van der Waals surface area contributed by atoms with Gasteiger partial charge in [-0.1, -0.05) is 83.3 Å². The standard InChI is InChI=1S/C20H35BO4/c1-3-4-5-6-7-8-9-10-11-12-13-20(25-21(22)23)18-14-16-19(24-2)17-15-18/h14-17,20,22-23H,3-13H2,1-2H3. The van der Waals surface area contributed by atoms with Gasteiger partial charge in [-0.3, -0.25) is 0 Å². The molecule has 5 heteroatoms. The maximum atomic E-state index is 9.15. The minimum absolute atomic E-state index is 0.292. The van der Waals surface area contributed by atoms with E-state index in [0.717, 1.165) is 30.6 Å². The highest BCUT2D eigenvalue weighted by molar-refractivity contribution is 6.32. The van der Waals surface area contributed by atoms with Crippen molar-refractivity contribution < 1.29 is 19.4 Å². The van der Waals surface area contributed by atoms with Crippen LogP contribution in [0.15, 0.2) is 24.3 Å². The summed E-state index contributed by atoms with van der Waals surface area (Å²) < 4.78 is 10.4. The molecule has 1 atom stereocenters. The van der Waals surface area contributed by atoms with E-state index in [-0.39, 0.29) is 6.10 Å². The third-order valence-electron chi connectivity index (χ3n) is 4.59. The number of hydrogen-bond donors (Lipinski definition) is 2. The lowest BCUT2D eigenvalue weighted by atomic mass is 10.00. The first-order valence-corrected chi connectivity index (χ1v) is 9.83. The van der Waals surface area contributed by atoms with E-state index < -0.39 is 7.32 Å². The van der Waals surface area contributed by atoms with Crippen LogP contribution in [0.4, 0.5) is 0 Å². The molecule has 4 nitrogen and oxygen atoms in total. The average Bonchev–Trinajstić information content (AvgIpc) is 2.62. The third-order valence-corrected chi connectivity index (χ3v) is 4.59. The van der Waals surface area contributed by atoms with Gasteiger partial charge in [0.15, 0.2) is 0 Å². The second-order valence-corrected chi connectivity index (χ2v) is 6.69. The van der Waals surface area contributed by atoms with Crippen LogP contribution in [-0.4, -0.2) is 24.5 Å². The lowest BCUT2D eigenvalue weighted by Gasteiger charge is -2.18. The van der Waals surface area contributed by atoms with Gasteiger partial charge in [0.1, 0.15) is 5.75 Å². The number of hydrogen-bond acceptors (Lipinski definition) is 4. The monoisotopic (exact) mass is 350 g/mol. The van der Waals surface area contributed by atoms with E-state index in [2.05, 4.69) is 6.92 Å². The Hall–Kier alpha value is -1.04. The van der Waals surface area contributed by atoms with Crippen molar-refractivity contribution in [3.63, 3.8) is 0 Å². The van der Waals surface area contributed by atoms with Crippen LogP contribution in [0.1, 0.15) is 89.2 Å². The zero-order valence-electron chi connectivity index (χ0n) is 16.0. The molecule has 0 heterocycles. The molecular formula is C20H35BO4. The largest absolute Gasteiger partial charge is 0.634 e. The predicted octanol–water partition coefficient (Wildman–Crippen LogP) is 5.03. The van der Waals surface area contributed by atoms with E-state index in [1.165, 1.54) is 51.4 Å². The summed E-state index contributed by atoms with van der Waals surface area (Å²) in [5, 5.41) is 18.3. The second-order valence-electron chi connectivity index (χ2n) is 6.69. The van der Waals surface area contributed by atoms with E-state index in [9.17, 15) is 0 Å². The fourth-order valence-electron chi connectivity index (χ4n) is 3.10. The molecule has 0 aromatic heterocycles. The number of benzene rings is 1. The van der Waals surface area contributed by atoms with Crippen molar-refractivity contribution in [1.29, 1.82) is 0 Å². The topological polar surface area (TPSA) is 58.9 Å². The smallest absolute Gasteiger partial charge is 0.497 e. The fourth-order valence-corrected chi connectivity index (χ4v) is 3.10. The van der Waals surface area contributed by atoms with E-state index in [1.807, 2.05) is 24.3 Å². The van der Waals surface area contributed by atoms with Gasteiger partial charge in [-0.05, 0) is 24.1 Å². The highest BCUT2D eigenvalue weighted by atomic mass is 16.6. The van der Waals surface area contributed by atoms with Crippen LogP contribution in [0.2, 0.25) is 0 Å². The molecule has 0 aliphatic rings. The Morgan fingerprint density at radius 2 is 1.36 bits per heavy atom. The molecule has 1 aromatic carbocycles. The summed E-state index contributed by atoms with van der Waals surface area (Å²) in [5.41, 5.74) is 0.949. The maximum absolute atomic E-state index is 9.15. The Labute approximate surface area is 153 Å². The number of rotatable bonds is 15. The molecule has 0 spiro atoms. The Morgan fingerprint density at radius 1 is 0.840 bits per heavy atom. The quantitative estimate of drug-likeness (QED) is 0.344. The van der Waals surface area contributed by atoms with Crippen molar-refractivity contribution in [2.45, 2.75) is 83.7 Å². The van der Waals surface area contributed by atoms with Gasteiger partial charge in [-0.25, -0.2) is 0 Å². The number of ether oxygens (including phenoxy) is 1. The van der Waals surface area contributed by atoms with Crippen molar-refractivity contribution in [2.75, 3.05) is 7.11 Å². The van der Waals surface area contributed by atoms with Gasteiger partial charge in [0.25, 0.3) is 0 Å². The van der Waals surface area contributed by atoms with Crippen molar-refractivity contribution in [3.8, 4) is 5.75 Å². The molecule has 0 aliphatic heterocycles. The lowest BCUT2D eigenvalue weighted by Crippen LogP contribution is -2.20. The van der Waals surface area contributed by atoms with Gasteiger partial charge in [0.05, 0.1) is 13.2 Å². The molecular weight excluding hydrogens is 315 g/mol. The van der Waals surface area contributed by atoms with Crippen LogP contribution >= 0.6 is 0 Å². The zero-order valence-corrected chi connectivity index (χ0v) is 16.0. The molecule has 0 aliphatic carbocycles. The Kier molecular flexibility index (Phi) is 12.5. The molecule has 0 amide bonds. The van der Waals surface area contributed by atoms with Gasteiger partial charge < -0.3 is 19.4 Å². The predicted molar refractivity (Wildman–Crippen MR) is 103 cm³/mol. The van der Waals surface area contributed by atoms with Crippen LogP contribution in [0.5, 0.6) is 5.75 Å². The molecule has 0 bridgehead atoms. The van der Waals surface area contributed by atoms with Gasteiger partial charge in [0, 0.05) is 0 Å². The van der Waals surface area contributed by atoms with Crippen molar-refractivity contribution in [3.05, 3.63) is 29.8 Å². The Bertz CT molecular complexity index is 422. The minimum Gasteiger partial charge on any atom is -0.497 e. The first kappa shape index (κ1) is 22.0. The van der Waals surface area contributed by atoms with Gasteiger partial charge >= 0.3 is 7.32 Å². The summed E-state index contributed by atoms with van der Waals surface area (Å²) >= 11 is 0. The molecule has 0 radical (unpaired) electrons. The van der Waals surface area contributed by atoms with Crippen LogP contribution in [0.25, 0.3) is 0 Å². The van der Waals surface area contributed by atoms with Crippen molar-refractivity contribution >= 4 is 7.32 Å². The van der Waals surface area contributed by atoms with E-state index in [1.54, 1.807) is 7.11 Å². The summed E-state index contributed by atoms with van der Waals surface area (Å²) in [6.45, 7) is 2.25. The summed E-state index contributed by atoms with van der Waals surface area (Å²) in [6, 6.07) is 7.58. The summed E-state index contributed by atoms with van der Waals surface area (Å²) in [7, 11) is -0.111. The molecule has 1 rings (SSSR count). The van der Waals surface area contributed by atoms with Crippen LogP contribution in [-0.2, 0) is 4.65 Å². The number of unbranched alkanes of at least 4 members (excludes halogenated alkanes) is 9. The van der Waals surface area contributed by atoms with E-state index in [4.69, 9.17) is 19.4 Å². The highest BCUT2D eigenvalue weighted by Gasteiger charge is 2.19. The van der Waals surface area contributed by atoms with Gasteiger partial charge in [0.2, 0.25) is 0 Å². The first-order chi connectivity index (χ1) is 12.2. The molecule has 1 unspecified atom stereocenters. The average molecular weight is 350 g/mol. The molecule has 1 aromatic rings. The maximum Gasteiger partial charge on any atom is 0.634 e.